The highest BCUT2D eigenvalue weighted by Gasteiger charge is 2.10. The van der Waals surface area contributed by atoms with Gasteiger partial charge in [0.25, 0.3) is 0 Å². The van der Waals surface area contributed by atoms with Gasteiger partial charge in [0.1, 0.15) is 0 Å². The third-order valence-electron chi connectivity index (χ3n) is 2.41. The van der Waals surface area contributed by atoms with E-state index in [0.29, 0.717) is 11.9 Å². The van der Waals surface area contributed by atoms with Gasteiger partial charge in [-0.1, -0.05) is 5.16 Å². The minimum atomic E-state index is 0.331. The van der Waals surface area contributed by atoms with E-state index < -0.39 is 0 Å². The lowest BCUT2D eigenvalue weighted by molar-refractivity contribution is 0.386. The third kappa shape index (κ3) is 3.37. The highest BCUT2D eigenvalue weighted by molar-refractivity contribution is 9.10. The molecule has 1 unspecified atom stereocenters. The maximum atomic E-state index is 4.92. The smallest absolute Gasteiger partial charge is 0.223 e. The maximum absolute atomic E-state index is 4.92. The van der Waals surface area contributed by atoms with E-state index in [2.05, 4.69) is 49.8 Å². The van der Waals surface area contributed by atoms with Crippen LogP contribution in [0.2, 0.25) is 0 Å². The first-order valence-electron chi connectivity index (χ1n) is 5.42. The van der Waals surface area contributed by atoms with Crippen LogP contribution in [0.15, 0.2) is 20.4 Å². The van der Waals surface area contributed by atoms with Gasteiger partial charge < -0.3 is 9.84 Å². The number of nitrogens with zero attached hydrogens (tertiary/aromatic N) is 2. The number of hydrogen-bond donors (Lipinski definition) is 1. The SMILES string of the molecule is Cc1nc(CCNC(C)c2sccc2Br)no1. The second kappa shape index (κ2) is 5.75. The summed E-state index contributed by atoms with van der Waals surface area (Å²) in [6.45, 7) is 4.79. The Kier molecular flexibility index (Phi) is 4.31. The van der Waals surface area contributed by atoms with Crippen molar-refractivity contribution < 1.29 is 4.52 Å². The normalized spacial score (nSPS) is 12.9. The van der Waals surface area contributed by atoms with Gasteiger partial charge in [-0.25, -0.2) is 0 Å². The standard InChI is InChI=1S/C11H14BrN3OS/c1-7(11-9(12)4-6-17-11)13-5-3-10-14-8(2)16-15-10/h4,6-7,13H,3,5H2,1-2H3. The molecule has 2 aromatic rings. The molecule has 1 atom stereocenters. The molecule has 6 heteroatoms. The van der Waals surface area contributed by atoms with Gasteiger partial charge in [-0.05, 0) is 34.3 Å². The zero-order chi connectivity index (χ0) is 12.3. The highest BCUT2D eigenvalue weighted by atomic mass is 79.9. The minimum Gasteiger partial charge on any atom is -0.340 e. The first-order chi connectivity index (χ1) is 8.16. The Morgan fingerprint density at radius 1 is 1.59 bits per heavy atom. The van der Waals surface area contributed by atoms with Gasteiger partial charge >= 0.3 is 0 Å². The molecule has 17 heavy (non-hydrogen) atoms. The highest BCUT2D eigenvalue weighted by Crippen LogP contribution is 2.28. The van der Waals surface area contributed by atoms with Crippen molar-refractivity contribution in [3.8, 4) is 0 Å². The van der Waals surface area contributed by atoms with Crippen LogP contribution in [-0.4, -0.2) is 16.7 Å². The summed E-state index contributed by atoms with van der Waals surface area (Å²) in [5, 5.41) is 9.39. The van der Waals surface area contributed by atoms with E-state index in [-0.39, 0.29) is 0 Å². The molecule has 0 radical (unpaired) electrons. The van der Waals surface area contributed by atoms with Crippen LogP contribution in [-0.2, 0) is 6.42 Å². The van der Waals surface area contributed by atoms with Crippen molar-refractivity contribution in [2.75, 3.05) is 6.54 Å². The molecule has 1 N–H and O–H groups in total. The Morgan fingerprint density at radius 3 is 3.00 bits per heavy atom. The molecule has 0 aliphatic carbocycles. The van der Waals surface area contributed by atoms with E-state index in [0.717, 1.165) is 23.3 Å². The number of rotatable bonds is 5. The summed E-state index contributed by atoms with van der Waals surface area (Å²) in [6.07, 6.45) is 0.782. The van der Waals surface area contributed by atoms with Crippen LogP contribution >= 0.6 is 27.3 Å². The van der Waals surface area contributed by atoms with Crippen LogP contribution in [0.5, 0.6) is 0 Å². The summed E-state index contributed by atoms with van der Waals surface area (Å²) in [4.78, 5) is 5.48. The second-order valence-electron chi connectivity index (χ2n) is 3.79. The largest absolute Gasteiger partial charge is 0.340 e. The molecule has 0 saturated heterocycles. The number of thiophene rings is 1. The van der Waals surface area contributed by atoms with Gasteiger partial charge in [-0.3, -0.25) is 0 Å². The van der Waals surface area contributed by atoms with E-state index in [1.54, 1.807) is 18.3 Å². The minimum absolute atomic E-state index is 0.331. The van der Waals surface area contributed by atoms with Gasteiger partial charge in [-0.2, -0.15) is 4.98 Å². The monoisotopic (exact) mass is 315 g/mol. The van der Waals surface area contributed by atoms with Gasteiger partial charge in [-0.15, -0.1) is 11.3 Å². The lowest BCUT2D eigenvalue weighted by Gasteiger charge is -2.11. The van der Waals surface area contributed by atoms with Crippen LogP contribution in [0.3, 0.4) is 0 Å². The van der Waals surface area contributed by atoms with Crippen LogP contribution in [0, 0.1) is 6.92 Å². The summed E-state index contributed by atoms with van der Waals surface area (Å²) < 4.78 is 6.08. The molecule has 0 bridgehead atoms. The van der Waals surface area contributed by atoms with Crippen molar-refractivity contribution in [2.45, 2.75) is 26.3 Å². The van der Waals surface area contributed by atoms with Gasteiger partial charge in [0.2, 0.25) is 5.89 Å². The average Bonchev–Trinajstić information content (AvgIpc) is 2.87. The molecular formula is C11H14BrN3OS. The molecule has 0 aliphatic rings. The van der Waals surface area contributed by atoms with E-state index in [9.17, 15) is 0 Å². The summed E-state index contributed by atoms with van der Waals surface area (Å²) in [5.41, 5.74) is 0. The van der Waals surface area contributed by atoms with Crippen molar-refractivity contribution in [1.29, 1.82) is 0 Å². The molecule has 0 fully saturated rings. The third-order valence-corrected chi connectivity index (χ3v) is 4.46. The Morgan fingerprint density at radius 2 is 2.41 bits per heavy atom. The number of hydrogen-bond acceptors (Lipinski definition) is 5. The van der Waals surface area contributed by atoms with Crippen LogP contribution in [0.25, 0.3) is 0 Å². The lowest BCUT2D eigenvalue weighted by Crippen LogP contribution is -2.21. The van der Waals surface area contributed by atoms with Crippen molar-refractivity contribution >= 4 is 27.3 Å². The van der Waals surface area contributed by atoms with E-state index in [4.69, 9.17) is 4.52 Å². The fourth-order valence-corrected chi connectivity index (χ4v) is 3.30. The zero-order valence-corrected chi connectivity index (χ0v) is 12.1. The Labute approximate surface area is 113 Å². The van der Waals surface area contributed by atoms with Gasteiger partial charge in [0.05, 0.1) is 0 Å². The van der Waals surface area contributed by atoms with Crippen LogP contribution in [0.1, 0.15) is 29.6 Å². The molecule has 92 valence electrons. The molecule has 2 aromatic heterocycles. The molecule has 4 nitrogen and oxygen atoms in total. The average molecular weight is 316 g/mol. The van der Waals surface area contributed by atoms with E-state index >= 15 is 0 Å². The molecule has 0 aromatic carbocycles. The lowest BCUT2D eigenvalue weighted by atomic mass is 10.2. The summed E-state index contributed by atoms with van der Waals surface area (Å²) >= 11 is 5.29. The quantitative estimate of drug-likeness (QED) is 0.921. The van der Waals surface area contributed by atoms with Crippen molar-refractivity contribution in [1.82, 2.24) is 15.5 Å². The first kappa shape index (κ1) is 12.7. The van der Waals surface area contributed by atoms with Crippen LogP contribution in [0.4, 0.5) is 0 Å². The van der Waals surface area contributed by atoms with Crippen LogP contribution < -0.4 is 5.32 Å². The summed E-state index contributed by atoms with van der Waals surface area (Å²) in [5.74, 6) is 1.38. The maximum Gasteiger partial charge on any atom is 0.223 e. The first-order valence-corrected chi connectivity index (χ1v) is 7.09. The molecule has 0 aliphatic heterocycles. The fraction of sp³-hybridized carbons (Fsp3) is 0.455. The number of nitrogens with one attached hydrogen (secondary N) is 1. The van der Waals surface area contributed by atoms with Gasteiger partial charge in [0, 0.05) is 35.3 Å². The molecule has 0 spiro atoms. The fourth-order valence-electron chi connectivity index (χ4n) is 1.55. The number of aromatic nitrogens is 2. The Balaban J connectivity index is 1.81. The predicted molar refractivity (Wildman–Crippen MR) is 71.2 cm³/mol. The Bertz CT molecular complexity index is 483. The molecule has 0 saturated carbocycles. The molecule has 0 amide bonds. The summed E-state index contributed by atoms with van der Waals surface area (Å²) in [6, 6.07) is 2.40. The zero-order valence-electron chi connectivity index (χ0n) is 9.74. The number of aryl methyl sites for hydroxylation is 1. The molecular weight excluding hydrogens is 302 g/mol. The topological polar surface area (TPSA) is 51.0 Å². The molecule has 2 heterocycles. The van der Waals surface area contributed by atoms with Crippen molar-refractivity contribution in [3.63, 3.8) is 0 Å². The van der Waals surface area contributed by atoms with Crippen molar-refractivity contribution in [2.24, 2.45) is 0 Å². The van der Waals surface area contributed by atoms with E-state index in [1.165, 1.54) is 4.88 Å². The van der Waals surface area contributed by atoms with Crippen molar-refractivity contribution in [3.05, 3.63) is 32.5 Å². The molecule has 2 rings (SSSR count). The summed E-state index contributed by atoms with van der Waals surface area (Å²) in [7, 11) is 0. The predicted octanol–water partition coefficient (Wildman–Crippen LogP) is 3.10. The number of halogens is 1. The van der Waals surface area contributed by atoms with Gasteiger partial charge in [0.15, 0.2) is 5.82 Å². The second-order valence-corrected chi connectivity index (χ2v) is 5.59. The Hall–Kier alpha value is -0.720. The van der Waals surface area contributed by atoms with E-state index in [1.807, 2.05) is 0 Å².